The Hall–Kier alpha value is -0.570. The molecule has 114 valence electrons. The van der Waals surface area contributed by atoms with E-state index in [1.807, 2.05) is 0 Å². The number of unbranched alkanes of at least 4 members (excludes halogenated alkanes) is 9. The monoisotopic (exact) mass is 272 g/mol. The Morgan fingerprint density at radius 1 is 0.737 bits per heavy atom. The molecule has 0 aliphatic carbocycles. The van der Waals surface area contributed by atoms with Crippen molar-refractivity contribution in [3.63, 3.8) is 0 Å². The van der Waals surface area contributed by atoms with E-state index in [4.69, 9.17) is 9.78 Å². The number of hydrogen-bond donors (Lipinski definition) is 0. The summed E-state index contributed by atoms with van der Waals surface area (Å²) in [5.41, 5.74) is 0. The van der Waals surface area contributed by atoms with Gasteiger partial charge in [-0.2, -0.15) is 4.89 Å². The van der Waals surface area contributed by atoms with E-state index >= 15 is 0 Å². The molecule has 0 N–H and O–H groups in total. The van der Waals surface area contributed by atoms with Gasteiger partial charge in [0.2, 0.25) is 0 Å². The van der Waals surface area contributed by atoms with Gasteiger partial charge in [-0.1, -0.05) is 71.6 Å². The molecule has 0 saturated carbocycles. The van der Waals surface area contributed by atoms with Crippen molar-refractivity contribution >= 4 is 5.97 Å². The van der Waals surface area contributed by atoms with Crippen LogP contribution in [0, 0.1) is 0 Å². The van der Waals surface area contributed by atoms with Gasteiger partial charge in [0.15, 0.2) is 0 Å². The molecule has 0 aromatic heterocycles. The highest BCUT2D eigenvalue weighted by molar-refractivity contribution is 5.68. The number of carbonyl (C=O) groups is 1. The van der Waals surface area contributed by atoms with Crippen molar-refractivity contribution in [2.75, 3.05) is 6.61 Å². The lowest BCUT2D eigenvalue weighted by Crippen LogP contribution is -2.06. The first-order valence-electron chi connectivity index (χ1n) is 8.13. The summed E-state index contributed by atoms with van der Waals surface area (Å²) >= 11 is 0. The Labute approximate surface area is 119 Å². The van der Waals surface area contributed by atoms with Crippen LogP contribution in [0.25, 0.3) is 0 Å². The van der Waals surface area contributed by atoms with E-state index in [9.17, 15) is 4.79 Å². The summed E-state index contributed by atoms with van der Waals surface area (Å²) in [6.45, 7) is 4.93. The molecule has 0 heterocycles. The molecular formula is C16H32O3. The topological polar surface area (TPSA) is 35.5 Å². The fraction of sp³-hybridized carbons (Fsp3) is 0.938. The van der Waals surface area contributed by atoms with Crippen molar-refractivity contribution in [1.29, 1.82) is 0 Å². The molecule has 0 radical (unpaired) electrons. The molecule has 3 nitrogen and oxygen atoms in total. The zero-order valence-corrected chi connectivity index (χ0v) is 12.9. The minimum absolute atomic E-state index is 0.220. The van der Waals surface area contributed by atoms with Gasteiger partial charge in [0.1, 0.15) is 0 Å². The third-order valence-electron chi connectivity index (χ3n) is 3.22. The maximum Gasteiger partial charge on any atom is 0.342 e. The zero-order chi connectivity index (χ0) is 14.2. The Morgan fingerprint density at radius 2 is 1.26 bits per heavy atom. The first kappa shape index (κ1) is 18.4. The molecular weight excluding hydrogens is 240 g/mol. The van der Waals surface area contributed by atoms with Crippen LogP contribution in [0.4, 0.5) is 0 Å². The Kier molecular flexibility index (Phi) is 15.0. The highest BCUT2D eigenvalue weighted by Gasteiger charge is 2.03. The van der Waals surface area contributed by atoms with Crippen LogP contribution in [0.1, 0.15) is 90.9 Å². The first-order chi connectivity index (χ1) is 9.31. The SMILES string of the molecule is CCCCCCCCOOC(=O)CCCCCCC. The molecule has 0 saturated heterocycles. The summed E-state index contributed by atoms with van der Waals surface area (Å²) in [4.78, 5) is 21.0. The molecule has 0 amide bonds. The van der Waals surface area contributed by atoms with Gasteiger partial charge in [-0.3, -0.25) is 4.89 Å². The minimum Gasteiger partial charge on any atom is -0.298 e. The van der Waals surface area contributed by atoms with Crippen LogP contribution in [-0.2, 0) is 14.6 Å². The van der Waals surface area contributed by atoms with Gasteiger partial charge in [-0.05, 0) is 12.8 Å². The molecule has 19 heavy (non-hydrogen) atoms. The molecule has 3 heteroatoms. The van der Waals surface area contributed by atoms with Crippen LogP contribution >= 0.6 is 0 Å². The fourth-order valence-electron chi connectivity index (χ4n) is 1.96. The number of rotatable bonds is 14. The predicted octanol–water partition coefficient (Wildman–Crippen LogP) is 5.18. The third kappa shape index (κ3) is 15.4. The van der Waals surface area contributed by atoms with Gasteiger partial charge in [-0.25, -0.2) is 4.79 Å². The largest absolute Gasteiger partial charge is 0.342 e. The molecule has 0 bridgehead atoms. The second-order valence-corrected chi connectivity index (χ2v) is 5.21. The summed E-state index contributed by atoms with van der Waals surface area (Å²) in [7, 11) is 0. The zero-order valence-electron chi connectivity index (χ0n) is 12.9. The Morgan fingerprint density at radius 3 is 1.89 bits per heavy atom. The predicted molar refractivity (Wildman–Crippen MR) is 78.8 cm³/mol. The van der Waals surface area contributed by atoms with E-state index in [-0.39, 0.29) is 5.97 Å². The average molecular weight is 272 g/mol. The maximum absolute atomic E-state index is 11.3. The minimum atomic E-state index is -0.220. The summed E-state index contributed by atoms with van der Waals surface area (Å²) in [6.07, 6.45) is 13.5. The standard InChI is InChI=1S/C16H32O3/c1-3-5-7-9-11-13-15-18-19-16(17)14-12-10-8-6-4-2/h3-15H2,1-2H3. The van der Waals surface area contributed by atoms with Crippen LogP contribution in [0.15, 0.2) is 0 Å². The molecule has 0 aromatic rings. The van der Waals surface area contributed by atoms with Gasteiger partial charge < -0.3 is 0 Å². The molecule has 0 unspecified atom stereocenters. The van der Waals surface area contributed by atoms with Crippen molar-refractivity contribution in [1.82, 2.24) is 0 Å². The van der Waals surface area contributed by atoms with Crippen LogP contribution in [0.3, 0.4) is 0 Å². The number of carbonyl (C=O) groups excluding carboxylic acids is 1. The maximum atomic E-state index is 11.3. The van der Waals surface area contributed by atoms with Crippen LogP contribution in [0.5, 0.6) is 0 Å². The van der Waals surface area contributed by atoms with Gasteiger partial charge in [0.25, 0.3) is 0 Å². The second kappa shape index (κ2) is 15.5. The van der Waals surface area contributed by atoms with E-state index in [1.54, 1.807) is 0 Å². The summed E-state index contributed by atoms with van der Waals surface area (Å²) in [5.74, 6) is -0.220. The van der Waals surface area contributed by atoms with E-state index < -0.39 is 0 Å². The Balaban J connectivity index is 3.12. The van der Waals surface area contributed by atoms with Crippen molar-refractivity contribution < 1.29 is 14.6 Å². The molecule has 0 rings (SSSR count). The number of hydrogen-bond acceptors (Lipinski definition) is 3. The van der Waals surface area contributed by atoms with Gasteiger partial charge >= 0.3 is 5.97 Å². The summed E-state index contributed by atoms with van der Waals surface area (Å²) in [6, 6.07) is 0. The lowest BCUT2D eigenvalue weighted by Gasteiger charge is -2.04. The van der Waals surface area contributed by atoms with Gasteiger partial charge in [-0.15, -0.1) is 0 Å². The molecule has 0 spiro atoms. The summed E-state index contributed by atoms with van der Waals surface area (Å²) in [5, 5.41) is 0. The fourth-order valence-corrected chi connectivity index (χ4v) is 1.96. The smallest absolute Gasteiger partial charge is 0.298 e. The van der Waals surface area contributed by atoms with Crippen LogP contribution < -0.4 is 0 Å². The van der Waals surface area contributed by atoms with Crippen molar-refractivity contribution in [2.45, 2.75) is 90.9 Å². The average Bonchev–Trinajstić information content (AvgIpc) is 2.41. The molecule has 0 aliphatic heterocycles. The molecule has 0 atom stereocenters. The van der Waals surface area contributed by atoms with Gasteiger partial charge in [0.05, 0.1) is 6.61 Å². The van der Waals surface area contributed by atoms with E-state index in [2.05, 4.69) is 13.8 Å². The lowest BCUT2D eigenvalue weighted by atomic mass is 10.1. The van der Waals surface area contributed by atoms with Crippen molar-refractivity contribution in [3.8, 4) is 0 Å². The van der Waals surface area contributed by atoms with Gasteiger partial charge in [0, 0.05) is 6.42 Å². The summed E-state index contributed by atoms with van der Waals surface area (Å²) < 4.78 is 0. The molecule has 0 aliphatic rings. The lowest BCUT2D eigenvalue weighted by molar-refractivity contribution is -0.272. The molecule has 0 aromatic carbocycles. The van der Waals surface area contributed by atoms with E-state index in [0.717, 1.165) is 25.7 Å². The second-order valence-electron chi connectivity index (χ2n) is 5.21. The van der Waals surface area contributed by atoms with Crippen LogP contribution in [0.2, 0.25) is 0 Å². The van der Waals surface area contributed by atoms with Crippen LogP contribution in [-0.4, -0.2) is 12.6 Å². The highest BCUT2D eigenvalue weighted by atomic mass is 17.2. The third-order valence-corrected chi connectivity index (χ3v) is 3.22. The highest BCUT2D eigenvalue weighted by Crippen LogP contribution is 2.07. The van der Waals surface area contributed by atoms with E-state index in [0.29, 0.717) is 13.0 Å². The quantitative estimate of drug-likeness (QED) is 0.248. The normalized spacial score (nSPS) is 10.6. The van der Waals surface area contributed by atoms with Crippen molar-refractivity contribution in [2.24, 2.45) is 0 Å². The first-order valence-corrected chi connectivity index (χ1v) is 8.13. The Bertz CT molecular complexity index is 192. The van der Waals surface area contributed by atoms with E-state index in [1.165, 1.54) is 44.9 Å². The van der Waals surface area contributed by atoms with Crippen molar-refractivity contribution in [3.05, 3.63) is 0 Å². The molecule has 0 fully saturated rings.